The minimum Gasteiger partial charge on any atom is -0.494 e. The normalized spacial score (nSPS) is 15.0. The van der Waals surface area contributed by atoms with Gasteiger partial charge in [-0.15, -0.1) is 0 Å². The maximum absolute atomic E-state index is 13.8. The van der Waals surface area contributed by atoms with E-state index in [1.54, 1.807) is 6.07 Å². The molecule has 0 aromatic heterocycles. The van der Waals surface area contributed by atoms with Gasteiger partial charge in [-0.2, -0.15) is 0 Å². The second-order valence-corrected chi connectivity index (χ2v) is 6.56. The Balaban J connectivity index is 1.66. The van der Waals surface area contributed by atoms with Crippen molar-refractivity contribution in [1.29, 1.82) is 0 Å². The van der Waals surface area contributed by atoms with Crippen molar-refractivity contribution in [3.8, 4) is 17.2 Å². The number of hydrogen-bond acceptors (Lipinski definition) is 4. The molecule has 1 N–H and O–H groups in total. The van der Waals surface area contributed by atoms with Crippen LogP contribution in [0.2, 0.25) is 0 Å². The Bertz CT molecular complexity index is 837. The van der Waals surface area contributed by atoms with Gasteiger partial charge in [-0.3, -0.25) is 4.79 Å². The van der Waals surface area contributed by atoms with E-state index in [9.17, 15) is 9.18 Å². The third-order valence-electron chi connectivity index (χ3n) is 4.44. The number of nitrogens with one attached hydrogen (secondary N) is 1. The van der Waals surface area contributed by atoms with Crippen LogP contribution in [0.4, 0.5) is 4.39 Å². The molecule has 3 rings (SSSR count). The number of carbonyl (C=O) groups excluding carboxylic acids is 1. The van der Waals surface area contributed by atoms with E-state index in [1.165, 1.54) is 19.2 Å². The van der Waals surface area contributed by atoms with Crippen molar-refractivity contribution in [2.24, 2.45) is 0 Å². The van der Waals surface area contributed by atoms with Crippen LogP contribution in [0.15, 0.2) is 30.3 Å². The van der Waals surface area contributed by atoms with Gasteiger partial charge < -0.3 is 19.5 Å². The summed E-state index contributed by atoms with van der Waals surface area (Å²) in [5, 5.41) is 2.87. The molecule has 1 aliphatic rings. The summed E-state index contributed by atoms with van der Waals surface area (Å²) in [6.45, 7) is 4.81. The monoisotopic (exact) mass is 373 g/mol. The van der Waals surface area contributed by atoms with Gasteiger partial charge in [0.15, 0.2) is 11.6 Å². The van der Waals surface area contributed by atoms with Crippen molar-refractivity contribution in [1.82, 2.24) is 5.32 Å². The van der Waals surface area contributed by atoms with Crippen LogP contribution in [0.25, 0.3) is 0 Å². The standard InChI is InChI=1S/C21H24FNO4/c1-4-26-19-10-15-7-13(2)27-20(15)11-16(19)12-23-21(24)9-14-5-6-18(25-3)17(22)8-14/h5-6,8,10-11,13H,4,7,9,12H2,1-3H3,(H,23,24)/t13-/m0/s1. The smallest absolute Gasteiger partial charge is 0.224 e. The molecule has 0 saturated heterocycles. The molecule has 5 nitrogen and oxygen atoms in total. The van der Waals surface area contributed by atoms with Crippen LogP contribution in [0.3, 0.4) is 0 Å². The second kappa shape index (κ2) is 8.29. The lowest BCUT2D eigenvalue weighted by Gasteiger charge is -2.13. The summed E-state index contributed by atoms with van der Waals surface area (Å²) in [5.41, 5.74) is 2.57. The molecule has 0 fully saturated rings. The molecule has 1 heterocycles. The highest BCUT2D eigenvalue weighted by molar-refractivity contribution is 5.78. The van der Waals surface area contributed by atoms with Crippen molar-refractivity contribution in [2.45, 2.75) is 39.3 Å². The zero-order chi connectivity index (χ0) is 19.4. The summed E-state index contributed by atoms with van der Waals surface area (Å²) in [5.74, 6) is 1.08. The first-order valence-electron chi connectivity index (χ1n) is 9.04. The van der Waals surface area contributed by atoms with Gasteiger partial charge in [0.05, 0.1) is 20.1 Å². The highest BCUT2D eigenvalue weighted by Crippen LogP contribution is 2.35. The number of rotatable bonds is 7. The van der Waals surface area contributed by atoms with E-state index in [4.69, 9.17) is 14.2 Å². The molecule has 1 amide bonds. The van der Waals surface area contributed by atoms with E-state index in [0.29, 0.717) is 18.7 Å². The van der Waals surface area contributed by atoms with Gasteiger partial charge in [0.2, 0.25) is 5.91 Å². The predicted octanol–water partition coefficient (Wildman–Crippen LogP) is 3.42. The molecule has 144 valence electrons. The zero-order valence-electron chi connectivity index (χ0n) is 15.8. The Morgan fingerprint density at radius 1 is 1.30 bits per heavy atom. The Labute approximate surface area is 158 Å². The van der Waals surface area contributed by atoms with Gasteiger partial charge in [0, 0.05) is 24.1 Å². The quantitative estimate of drug-likeness (QED) is 0.808. The van der Waals surface area contributed by atoms with Crippen LogP contribution in [0.5, 0.6) is 17.2 Å². The molecule has 2 aromatic carbocycles. The van der Waals surface area contributed by atoms with E-state index in [-0.39, 0.29) is 24.2 Å². The number of amides is 1. The SMILES string of the molecule is CCOc1cc2c(cc1CNC(=O)Cc1ccc(OC)c(F)c1)O[C@@H](C)C2. The van der Waals surface area contributed by atoms with Crippen LogP contribution in [0, 0.1) is 5.82 Å². The van der Waals surface area contributed by atoms with E-state index in [0.717, 1.165) is 29.0 Å². The molecule has 2 aromatic rings. The largest absolute Gasteiger partial charge is 0.494 e. The average molecular weight is 373 g/mol. The second-order valence-electron chi connectivity index (χ2n) is 6.56. The van der Waals surface area contributed by atoms with Crippen molar-refractivity contribution >= 4 is 5.91 Å². The zero-order valence-corrected chi connectivity index (χ0v) is 15.8. The van der Waals surface area contributed by atoms with Crippen molar-refractivity contribution in [3.63, 3.8) is 0 Å². The highest BCUT2D eigenvalue weighted by Gasteiger charge is 2.22. The van der Waals surface area contributed by atoms with Crippen molar-refractivity contribution < 1.29 is 23.4 Å². The maximum atomic E-state index is 13.8. The molecular formula is C21H24FNO4. The Kier molecular flexibility index (Phi) is 5.84. The lowest BCUT2D eigenvalue weighted by molar-refractivity contribution is -0.120. The first kappa shape index (κ1) is 19.0. The fraction of sp³-hybridized carbons (Fsp3) is 0.381. The van der Waals surface area contributed by atoms with Gasteiger partial charge in [-0.25, -0.2) is 4.39 Å². The Hall–Kier alpha value is -2.76. The summed E-state index contributed by atoms with van der Waals surface area (Å²) in [6.07, 6.45) is 1.08. The summed E-state index contributed by atoms with van der Waals surface area (Å²) < 4.78 is 30.2. The van der Waals surface area contributed by atoms with Crippen LogP contribution >= 0.6 is 0 Å². The van der Waals surface area contributed by atoms with E-state index in [2.05, 4.69) is 5.32 Å². The first-order valence-corrected chi connectivity index (χ1v) is 9.04. The number of carbonyl (C=O) groups is 1. The minimum atomic E-state index is -0.480. The molecule has 0 bridgehead atoms. The number of fused-ring (bicyclic) bond motifs is 1. The highest BCUT2D eigenvalue weighted by atomic mass is 19.1. The van der Waals surface area contributed by atoms with Crippen LogP contribution in [-0.2, 0) is 24.2 Å². The molecule has 0 radical (unpaired) electrons. The van der Waals surface area contributed by atoms with Crippen LogP contribution in [0.1, 0.15) is 30.5 Å². The molecule has 0 saturated carbocycles. The third-order valence-corrected chi connectivity index (χ3v) is 4.44. The molecule has 0 spiro atoms. The summed E-state index contributed by atoms with van der Waals surface area (Å²) >= 11 is 0. The van der Waals surface area contributed by atoms with Crippen molar-refractivity contribution in [2.75, 3.05) is 13.7 Å². The molecule has 0 unspecified atom stereocenters. The van der Waals surface area contributed by atoms with Gasteiger partial charge in [-0.1, -0.05) is 6.07 Å². The predicted molar refractivity (Wildman–Crippen MR) is 99.9 cm³/mol. The fourth-order valence-electron chi connectivity index (χ4n) is 3.17. The number of benzene rings is 2. The molecule has 0 aliphatic carbocycles. The lowest BCUT2D eigenvalue weighted by atomic mass is 10.1. The van der Waals surface area contributed by atoms with Gasteiger partial charge >= 0.3 is 0 Å². The van der Waals surface area contributed by atoms with E-state index >= 15 is 0 Å². The average Bonchev–Trinajstić information content (AvgIpc) is 2.99. The van der Waals surface area contributed by atoms with Crippen LogP contribution in [-0.4, -0.2) is 25.7 Å². The number of hydrogen-bond donors (Lipinski definition) is 1. The van der Waals surface area contributed by atoms with Crippen LogP contribution < -0.4 is 19.5 Å². The lowest BCUT2D eigenvalue weighted by Crippen LogP contribution is -2.25. The molecule has 1 aliphatic heterocycles. The molecular weight excluding hydrogens is 349 g/mol. The minimum absolute atomic E-state index is 0.0867. The maximum Gasteiger partial charge on any atom is 0.224 e. The molecule has 6 heteroatoms. The third kappa shape index (κ3) is 4.51. The molecule has 1 atom stereocenters. The first-order chi connectivity index (χ1) is 13.0. The van der Waals surface area contributed by atoms with Gasteiger partial charge in [-0.05, 0) is 43.7 Å². The summed E-state index contributed by atoms with van der Waals surface area (Å²) in [7, 11) is 1.40. The Morgan fingerprint density at radius 3 is 2.81 bits per heavy atom. The summed E-state index contributed by atoms with van der Waals surface area (Å²) in [6, 6.07) is 8.43. The van der Waals surface area contributed by atoms with Gasteiger partial charge in [0.1, 0.15) is 17.6 Å². The van der Waals surface area contributed by atoms with E-state index in [1.807, 2.05) is 26.0 Å². The van der Waals surface area contributed by atoms with E-state index < -0.39 is 5.82 Å². The van der Waals surface area contributed by atoms with Crippen molar-refractivity contribution in [3.05, 3.63) is 52.8 Å². The number of ether oxygens (including phenoxy) is 3. The number of halogens is 1. The summed E-state index contributed by atoms with van der Waals surface area (Å²) in [4.78, 5) is 12.3. The fourth-order valence-corrected chi connectivity index (χ4v) is 3.17. The topological polar surface area (TPSA) is 56.8 Å². The number of methoxy groups -OCH3 is 1. The van der Waals surface area contributed by atoms with Gasteiger partial charge in [0.25, 0.3) is 0 Å². The Morgan fingerprint density at radius 2 is 2.11 bits per heavy atom. The molecule has 27 heavy (non-hydrogen) atoms.